The second-order valence-corrected chi connectivity index (χ2v) is 6.75. The van der Waals surface area contributed by atoms with Crippen LogP contribution >= 0.6 is 0 Å². The van der Waals surface area contributed by atoms with Crippen molar-refractivity contribution >= 4 is 5.91 Å². The maximum atomic E-state index is 12.1. The van der Waals surface area contributed by atoms with E-state index < -0.39 is 0 Å². The molecule has 21 heavy (non-hydrogen) atoms. The van der Waals surface area contributed by atoms with E-state index in [4.69, 9.17) is 0 Å². The van der Waals surface area contributed by atoms with E-state index in [9.17, 15) is 4.79 Å². The van der Waals surface area contributed by atoms with Crippen molar-refractivity contribution in [1.29, 1.82) is 0 Å². The average Bonchev–Trinajstić information content (AvgIpc) is 2.93. The monoisotopic (exact) mass is 289 g/mol. The number of carbonyl (C=O) groups is 1. The van der Waals surface area contributed by atoms with Gasteiger partial charge in [0.25, 0.3) is 0 Å². The van der Waals surface area contributed by atoms with Crippen LogP contribution in [-0.2, 0) is 11.3 Å². The third-order valence-electron chi connectivity index (χ3n) is 4.36. The number of likely N-dealkylation sites (tertiary alicyclic amines) is 1. The van der Waals surface area contributed by atoms with Crippen molar-refractivity contribution in [3.63, 3.8) is 0 Å². The number of aromatic nitrogens is 2. The molecular weight excluding hydrogens is 262 g/mol. The molecule has 0 radical (unpaired) electrons. The van der Waals surface area contributed by atoms with Gasteiger partial charge in [-0.25, -0.2) is 4.98 Å². The Bertz CT molecular complexity index is 488. The summed E-state index contributed by atoms with van der Waals surface area (Å²) >= 11 is 0. The Morgan fingerprint density at radius 2 is 2.24 bits per heavy atom. The molecule has 2 heterocycles. The highest BCUT2D eigenvalue weighted by Crippen LogP contribution is 2.34. The third kappa shape index (κ3) is 4.73. The molecule has 1 aliphatic rings. The topological polar surface area (TPSA) is 38.1 Å². The van der Waals surface area contributed by atoms with Crippen molar-refractivity contribution in [2.75, 3.05) is 13.1 Å². The summed E-state index contributed by atoms with van der Waals surface area (Å²) in [6.45, 7) is 9.11. The summed E-state index contributed by atoms with van der Waals surface area (Å²) in [5.74, 6) is 0.301. The fourth-order valence-electron chi connectivity index (χ4n) is 2.97. The minimum atomic E-state index is 0.259. The highest BCUT2D eigenvalue weighted by Gasteiger charge is 2.33. The number of rotatable bonds is 6. The zero-order valence-electron chi connectivity index (χ0n) is 13.5. The fourth-order valence-corrected chi connectivity index (χ4v) is 2.97. The normalized spacial score (nSPS) is 22.4. The predicted octanol–water partition coefficient (Wildman–Crippen LogP) is 3.26. The zero-order chi connectivity index (χ0) is 15.3. The zero-order valence-corrected chi connectivity index (χ0v) is 13.5. The number of hydrogen-bond acceptors (Lipinski definition) is 2. The second-order valence-electron chi connectivity index (χ2n) is 6.75. The van der Waals surface area contributed by atoms with Gasteiger partial charge in [0.2, 0.25) is 5.91 Å². The van der Waals surface area contributed by atoms with Crippen LogP contribution in [0.2, 0.25) is 0 Å². The van der Waals surface area contributed by atoms with Gasteiger partial charge in [-0.15, -0.1) is 0 Å². The van der Waals surface area contributed by atoms with Crippen LogP contribution in [0.4, 0.5) is 0 Å². The smallest absolute Gasteiger partial charge is 0.222 e. The maximum absolute atomic E-state index is 12.1. The quantitative estimate of drug-likeness (QED) is 0.754. The van der Waals surface area contributed by atoms with Crippen LogP contribution in [0.1, 0.15) is 46.5 Å². The average molecular weight is 289 g/mol. The SMILES string of the molecule is CC(C)=CCC[C@@]1(C)CCC(=O)N(CCn2ccnc2)C1. The van der Waals surface area contributed by atoms with Crippen molar-refractivity contribution in [3.05, 3.63) is 30.4 Å². The molecule has 4 heteroatoms. The summed E-state index contributed by atoms with van der Waals surface area (Å²) in [5.41, 5.74) is 1.64. The summed E-state index contributed by atoms with van der Waals surface area (Å²) < 4.78 is 2.03. The Labute approximate surface area is 127 Å². The number of amides is 1. The standard InChI is InChI=1S/C17H27N3O/c1-15(2)5-4-7-17(3)8-6-16(21)20(13-17)12-11-19-10-9-18-14-19/h5,9-10,14H,4,6-8,11-13H2,1-3H3/t17-/m0/s1. The Morgan fingerprint density at radius 3 is 2.90 bits per heavy atom. The first kappa shape index (κ1) is 15.8. The van der Waals surface area contributed by atoms with E-state index in [0.29, 0.717) is 12.3 Å². The van der Waals surface area contributed by atoms with E-state index in [0.717, 1.165) is 38.9 Å². The Kier molecular flexibility index (Phi) is 5.21. The van der Waals surface area contributed by atoms with Gasteiger partial charge >= 0.3 is 0 Å². The number of piperidine rings is 1. The molecule has 0 spiro atoms. The molecule has 1 saturated heterocycles. The molecular formula is C17H27N3O. The lowest BCUT2D eigenvalue weighted by Gasteiger charge is -2.40. The summed E-state index contributed by atoms with van der Waals surface area (Å²) in [5, 5.41) is 0. The number of carbonyl (C=O) groups excluding carboxylic acids is 1. The second kappa shape index (κ2) is 6.92. The maximum Gasteiger partial charge on any atom is 0.222 e. The molecule has 0 unspecified atom stereocenters. The van der Waals surface area contributed by atoms with Gasteiger partial charge < -0.3 is 9.47 Å². The lowest BCUT2D eigenvalue weighted by atomic mass is 9.77. The Morgan fingerprint density at radius 1 is 1.43 bits per heavy atom. The summed E-state index contributed by atoms with van der Waals surface area (Å²) in [7, 11) is 0. The van der Waals surface area contributed by atoms with Crippen LogP contribution in [0.25, 0.3) is 0 Å². The van der Waals surface area contributed by atoms with E-state index in [1.165, 1.54) is 5.57 Å². The molecule has 1 aliphatic heterocycles. The molecule has 2 rings (SSSR count). The van der Waals surface area contributed by atoms with Crippen LogP contribution in [0.5, 0.6) is 0 Å². The first-order valence-electron chi connectivity index (χ1n) is 7.85. The largest absolute Gasteiger partial charge is 0.340 e. The first-order chi connectivity index (χ1) is 9.98. The van der Waals surface area contributed by atoms with Gasteiger partial charge in [0.05, 0.1) is 6.33 Å². The number of nitrogens with zero attached hydrogens (tertiary/aromatic N) is 3. The Balaban J connectivity index is 1.88. The molecule has 4 nitrogen and oxygen atoms in total. The van der Waals surface area contributed by atoms with E-state index in [1.54, 1.807) is 6.20 Å². The van der Waals surface area contributed by atoms with Gasteiger partial charge in [-0.05, 0) is 38.5 Å². The van der Waals surface area contributed by atoms with Crippen LogP contribution in [-0.4, -0.2) is 33.4 Å². The molecule has 0 aliphatic carbocycles. The van der Waals surface area contributed by atoms with Gasteiger partial charge in [0.15, 0.2) is 0 Å². The lowest BCUT2D eigenvalue weighted by Crippen LogP contribution is -2.46. The summed E-state index contributed by atoms with van der Waals surface area (Å²) in [6, 6.07) is 0. The summed E-state index contributed by atoms with van der Waals surface area (Å²) in [6.07, 6.45) is 11.8. The number of hydrogen-bond donors (Lipinski definition) is 0. The van der Waals surface area contributed by atoms with Crippen LogP contribution < -0.4 is 0 Å². The van der Waals surface area contributed by atoms with Crippen LogP contribution in [0.15, 0.2) is 30.4 Å². The van der Waals surface area contributed by atoms with Crippen LogP contribution in [0.3, 0.4) is 0 Å². The van der Waals surface area contributed by atoms with Crippen molar-refractivity contribution in [1.82, 2.24) is 14.5 Å². The molecule has 0 saturated carbocycles. The van der Waals surface area contributed by atoms with E-state index in [2.05, 4.69) is 31.8 Å². The predicted molar refractivity (Wildman–Crippen MR) is 84.8 cm³/mol. The highest BCUT2D eigenvalue weighted by molar-refractivity contribution is 5.77. The van der Waals surface area contributed by atoms with Crippen LogP contribution in [0, 0.1) is 5.41 Å². The van der Waals surface area contributed by atoms with Crippen molar-refractivity contribution in [3.8, 4) is 0 Å². The van der Waals surface area contributed by atoms with Gasteiger partial charge in [0, 0.05) is 38.4 Å². The molecule has 1 amide bonds. The highest BCUT2D eigenvalue weighted by atomic mass is 16.2. The molecule has 0 bridgehead atoms. The molecule has 0 N–H and O–H groups in total. The molecule has 1 fully saturated rings. The van der Waals surface area contributed by atoms with Gasteiger partial charge in [-0.3, -0.25) is 4.79 Å². The third-order valence-corrected chi connectivity index (χ3v) is 4.36. The molecule has 1 aromatic rings. The van der Waals surface area contributed by atoms with Gasteiger partial charge in [-0.2, -0.15) is 0 Å². The first-order valence-corrected chi connectivity index (χ1v) is 7.85. The number of allylic oxidation sites excluding steroid dienone is 2. The van der Waals surface area contributed by atoms with E-state index in [1.807, 2.05) is 22.0 Å². The van der Waals surface area contributed by atoms with Gasteiger partial charge in [-0.1, -0.05) is 18.6 Å². The molecule has 1 aromatic heterocycles. The minimum Gasteiger partial charge on any atom is -0.340 e. The molecule has 0 aromatic carbocycles. The van der Waals surface area contributed by atoms with Crippen molar-refractivity contribution < 1.29 is 4.79 Å². The summed E-state index contributed by atoms with van der Waals surface area (Å²) in [4.78, 5) is 18.2. The Hall–Kier alpha value is -1.58. The molecule has 116 valence electrons. The molecule has 1 atom stereocenters. The van der Waals surface area contributed by atoms with E-state index >= 15 is 0 Å². The van der Waals surface area contributed by atoms with Gasteiger partial charge in [0.1, 0.15) is 0 Å². The minimum absolute atomic E-state index is 0.259. The lowest BCUT2D eigenvalue weighted by molar-refractivity contribution is -0.137. The van der Waals surface area contributed by atoms with Crippen molar-refractivity contribution in [2.24, 2.45) is 5.41 Å². The van der Waals surface area contributed by atoms with Crippen molar-refractivity contribution in [2.45, 2.75) is 53.0 Å². The fraction of sp³-hybridized carbons (Fsp3) is 0.647. The number of imidazole rings is 1. The van der Waals surface area contributed by atoms with E-state index in [-0.39, 0.29) is 5.41 Å².